The van der Waals surface area contributed by atoms with Crippen LogP contribution in [-0.4, -0.2) is 49.6 Å². The summed E-state index contributed by atoms with van der Waals surface area (Å²) in [4.78, 5) is 31.0. The number of rotatable bonds is 9. The first kappa shape index (κ1) is 32.0. The molecule has 0 spiro atoms. The summed E-state index contributed by atoms with van der Waals surface area (Å²) in [5.74, 6) is 1.15. The van der Waals surface area contributed by atoms with Gasteiger partial charge >= 0.3 is 6.03 Å². The van der Waals surface area contributed by atoms with E-state index in [1.165, 1.54) is 30.9 Å². The Bertz CT molecular complexity index is 1760. The van der Waals surface area contributed by atoms with Crippen molar-refractivity contribution in [3.8, 4) is 11.6 Å². The van der Waals surface area contributed by atoms with Gasteiger partial charge in [0.2, 0.25) is 11.8 Å². The van der Waals surface area contributed by atoms with E-state index in [4.69, 9.17) is 16.3 Å². The highest BCUT2D eigenvalue weighted by Gasteiger charge is 2.21. The van der Waals surface area contributed by atoms with E-state index in [0.29, 0.717) is 39.6 Å². The Balaban J connectivity index is 1.07. The summed E-state index contributed by atoms with van der Waals surface area (Å²) in [5, 5.41) is 8.62. The van der Waals surface area contributed by atoms with Gasteiger partial charge < -0.3 is 20.7 Å². The smallest absolute Gasteiger partial charge is 0.323 e. The highest BCUT2D eigenvalue weighted by atomic mass is 35.5. The second kappa shape index (κ2) is 14.1. The van der Waals surface area contributed by atoms with Crippen LogP contribution < -0.4 is 20.7 Å². The predicted octanol–water partition coefficient (Wildman–Crippen LogP) is 6.91. The van der Waals surface area contributed by atoms with Gasteiger partial charge in [-0.1, -0.05) is 29.8 Å². The second-order valence-corrected chi connectivity index (χ2v) is 13.4. The van der Waals surface area contributed by atoms with Gasteiger partial charge in [0.15, 0.2) is 9.84 Å². The molecule has 0 saturated carbocycles. The molecule has 3 amide bonds. The number of urea groups is 1. The number of carbonyl (C=O) groups excluding carboxylic acids is 2. The van der Waals surface area contributed by atoms with Crippen molar-refractivity contribution in [2.75, 3.05) is 35.3 Å². The molecule has 1 fully saturated rings. The third-order valence-electron chi connectivity index (χ3n) is 7.44. The van der Waals surface area contributed by atoms with Crippen LogP contribution in [0.5, 0.6) is 11.6 Å². The molecule has 3 aromatic carbocycles. The molecule has 1 aromatic heterocycles. The highest BCUT2D eigenvalue weighted by Crippen LogP contribution is 2.30. The summed E-state index contributed by atoms with van der Waals surface area (Å²) in [5.41, 5.74) is 3.94. The van der Waals surface area contributed by atoms with Crippen molar-refractivity contribution in [2.45, 2.75) is 37.1 Å². The van der Waals surface area contributed by atoms with E-state index in [1.54, 1.807) is 30.3 Å². The number of nitrogens with zero attached hydrogens (tertiary/aromatic N) is 2. The molecule has 12 heteroatoms. The van der Waals surface area contributed by atoms with Gasteiger partial charge in [-0.25, -0.2) is 18.2 Å². The van der Waals surface area contributed by atoms with E-state index in [-0.39, 0.29) is 10.8 Å². The molecule has 1 saturated heterocycles. The van der Waals surface area contributed by atoms with Crippen molar-refractivity contribution in [3.05, 3.63) is 101 Å². The molecule has 0 atom stereocenters. The van der Waals surface area contributed by atoms with E-state index in [2.05, 4.69) is 38.0 Å². The van der Waals surface area contributed by atoms with E-state index in [9.17, 15) is 18.0 Å². The molecule has 5 rings (SSSR count). The quantitative estimate of drug-likeness (QED) is 0.180. The van der Waals surface area contributed by atoms with Gasteiger partial charge in [0.25, 0.3) is 0 Å². The number of aromatic nitrogens is 1. The number of hydrogen-bond acceptors (Lipinski definition) is 7. The Labute approximate surface area is 267 Å². The number of piperidine rings is 1. The molecule has 0 bridgehead atoms. The normalized spacial score (nSPS) is 14.0. The third-order valence-corrected chi connectivity index (χ3v) is 8.90. The van der Waals surface area contributed by atoms with Gasteiger partial charge in [0.05, 0.1) is 15.6 Å². The van der Waals surface area contributed by atoms with Crippen molar-refractivity contribution < 1.29 is 22.7 Å². The van der Waals surface area contributed by atoms with Crippen molar-refractivity contribution in [2.24, 2.45) is 0 Å². The van der Waals surface area contributed by atoms with Crippen LogP contribution in [0.15, 0.2) is 90.0 Å². The second-order valence-electron chi connectivity index (χ2n) is 11.0. The standard InChI is InChI=1S/C33H34ClN5O5S/c1-22(40)36-31-19-27(8-13-30(31)34)38-33(41)37-26-6-4-24(5-7-26)25-15-17-39(18-16-25)21-23-3-14-32(35-20-23)44-28-9-11-29(12-10-28)45(2,42)43/h3-14,19-20,25H,15-18,21H2,1-2H3,(H,36,40)(H2,37,38,41). The van der Waals surface area contributed by atoms with E-state index >= 15 is 0 Å². The summed E-state index contributed by atoms with van der Waals surface area (Å²) in [7, 11) is -3.25. The SMILES string of the molecule is CC(=O)Nc1cc(NC(=O)Nc2ccc(C3CCN(Cc4ccc(Oc5ccc(S(C)(=O)=O)cc5)nc4)CC3)cc2)ccc1Cl. The fourth-order valence-electron chi connectivity index (χ4n) is 5.14. The van der Waals surface area contributed by atoms with Crippen LogP contribution in [0.4, 0.5) is 21.9 Å². The number of pyridine rings is 1. The number of anilines is 3. The maximum atomic E-state index is 12.5. The van der Waals surface area contributed by atoms with Crippen LogP contribution in [0, 0.1) is 0 Å². The number of benzene rings is 3. The molecule has 234 valence electrons. The number of nitrogens with one attached hydrogen (secondary N) is 3. The summed E-state index contributed by atoms with van der Waals surface area (Å²) in [6, 6.07) is 22.5. The number of halogens is 1. The van der Waals surface area contributed by atoms with Crippen LogP contribution in [0.25, 0.3) is 0 Å². The minimum atomic E-state index is -3.25. The van der Waals surface area contributed by atoms with Crippen LogP contribution >= 0.6 is 11.6 Å². The molecule has 3 N–H and O–H groups in total. The zero-order chi connectivity index (χ0) is 32.0. The molecule has 1 aliphatic rings. The lowest BCUT2D eigenvalue weighted by atomic mass is 9.89. The molecule has 0 unspecified atom stereocenters. The molecular weight excluding hydrogens is 614 g/mol. The van der Waals surface area contributed by atoms with Crippen LogP contribution in [-0.2, 0) is 21.2 Å². The lowest BCUT2D eigenvalue weighted by Crippen LogP contribution is -2.32. The number of likely N-dealkylation sites (tertiary alicyclic amines) is 1. The summed E-state index contributed by atoms with van der Waals surface area (Å²) in [6.07, 6.45) is 5.03. The number of amides is 3. The van der Waals surface area contributed by atoms with E-state index < -0.39 is 15.9 Å². The van der Waals surface area contributed by atoms with Gasteiger partial charge in [0.1, 0.15) is 5.75 Å². The summed E-state index contributed by atoms with van der Waals surface area (Å²) < 4.78 is 29.0. The third kappa shape index (κ3) is 9.04. The van der Waals surface area contributed by atoms with Crippen molar-refractivity contribution in [1.29, 1.82) is 0 Å². The molecule has 0 radical (unpaired) electrons. The molecular formula is C33H34ClN5O5S. The van der Waals surface area contributed by atoms with Gasteiger partial charge in [-0.05, 0) is 97.6 Å². The Morgan fingerprint density at radius 1 is 0.911 bits per heavy atom. The first-order valence-electron chi connectivity index (χ1n) is 14.4. The lowest BCUT2D eigenvalue weighted by molar-refractivity contribution is -0.114. The summed E-state index contributed by atoms with van der Waals surface area (Å²) >= 11 is 6.11. The van der Waals surface area contributed by atoms with Crippen molar-refractivity contribution in [3.63, 3.8) is 0 Å². The number of hydrogen-bond donors (Lipinski definition) is 3. The van der Waals surface area contributed by atoms with Crippen molar-refractivity contribution in [1.82, 2.24) is 9.88 Å². The molecule has 0 aliphatic carbocycles. The molecule has 45 heavy (non-hydrogen) atoms. The van der Waals surface area contributed by atoms with Crippen LogP contribution in [0.1, 0.15) is 36.8 Å². The average molecular weight is 648 g/mol. The van der Waals surface area contributed by atoms with Gasteiger partial charge in [-0.3, -0.25) is 9.69 Å². The van der Waals surface area contributed by atoms with Gasteiger partial charge in [-0.2, -0.15) is 0 Å². The first-order valence-corrected chi connectivity index (χ1v) is 16.7. The number of carbonyl (C=O) groups is 2. The van der Waals surface area contributed by atoms with Gasteiger partial charge in [0, 0.05) is 43.4 Å². The van der Waals surface area contributed by atoms with Gasteiger partial charge in [-0.15, -0.1) is 0 Å². The average Bonchev–Trinajstić information content (AvgIpc) is 3.00. The Hall–Kier alpha value is -4.45. The molecule has 2 heterocycles. The Morgan fingerprint density at radius 3 is 2.20 bits per heavy atom. The minimum Gasteiger partial charge on any atom is -0.439 e. The predicted molar refractivity (Wildman–Crippen MR) is 176 cm³/mol. The maximum absolute atomic E-state index is 12.5. The van der Waals surface area contributed by atoms with Crippen LogP contribution in [0.3, 0.4) is 0 Å². The zero-order valence-electron chi connectivity index (χ0n) is 24.9. The largest absolute Gasteiger partial charge is 0.439 e. The molecule has 1 aliphatic heterocycles. The topological polar surface area (TPSA) is 130 Å². The fourth-order valence-corrected chi connectivity index (χ4v) is 5.94. The zero-order valence-corrected chi connectivity index (χ0v) is 26.5. The summed E-state index contributed by atoms with van der Waals surface area (Å²) in [6.45, 7) is 4.10. The maximum Gasteiger partial charge on any atom is 0.323 e. The fraction of sp³-hybridized carbons (Fsp3) is 0.242. The van der Waals surface area contributed by atoms with Crippen LogP contribution in [0.2, 0.25) is 5.02 Å². The lowest BCUT2D eigenvalue weighted by Gasteiger charge is -2.32. The Morgan fingerprint density at radius 2 is 1.58 bits per heavy atom. The first-order chi connectivity index (χ1) is 21.5. The monoisotopic (exact) mass is 647 g/mol. The number of ether oxygens (including phenoxy) is 1. The minimum absolute atomic E-state index is 0.243. The molecule has 10 nitrogen and oxygen atoms in total. The van der Waals surface area contributed by atoms with E-state index in [1.807, 2.05) is 30.5 Å². The number of sulfone groups is 1. The Kier molecular flexibility index (Phi) is 10.0. The van der Waals surface area contributed by atoms with Crippen molar-refractivity contribution >= 4 is 50.4 Å². The van der Waals surface area contributed by atoms with E-state index in [0.717, 1.165) is 38.0 Å². The molecule has 4 aromatic rings. The highest BCUT2D eigenvalue weighted by molar-refractivity contribution is 7.90.